The molecule has 0 unspecified atom stereocenters. The van der Waals surface area contributed by atoms with E-state index in [1.165, 1.54) is 28.0 Å². The number of benzene rings is 1. The van der Waals surface area contributed by atoms with E-state index in [9.17, 15) is 9.59 Å². The van der Waals surface area contributed by atoms with Crippen molar-refractivity contribution in [3.05, 3.63) is 68.3 Å². The molecule has 30 heavy (non-hydrogen) atoms. The van der Waals surface area contributed by atoms with Crippen molar-refractivity contribution in [3.8, 4) is 5.13 Å². The van der Waals surface area contributed by atoms with E-state index < -0.39 is 5.97 Å². The van der Waals surface area contributed by atoms with Crippen LogP contribution in [0.2, 0.25) is 0 Å². The number of ether oxygens (including phenoxy) is 1. The summed E-state index contributed by atoms with van der Waals surface area (Å²) in [5, 5.41) is 5.60. The highest BCUT2D eigenvalue weighted by atomic mass is 32.1. The van der Waals surface area contributed by atoms with Crippen LogP contribution in [0, 0.1) is 0 Å². The number of nitrogens with one attached hydrogen (secondary N) is 1. The second-order valence-electron chi connectivity index (χ2n) is 6.62. The van der Waals surface area contributed by atoms with Gasteiger partial charge in [-0.1, -0.05) is 29.5 Å². The van der Waals surface area contributed by atoms with Gasteiger partial charge in [-0.25, -0.2) is 4.98 Å². The van der Waals surface area contributed by atoms with Gasteiger partial charge < -0.3 is 4.74 Å². The van der Waals surface area contributed by atoms with E-state index in [0.29, 0.717) is 28.6 Å². The zero-order chi connectivity index (χ0) is 21.1. The third-order valence-electron chi connectivity index (χ3n) is 4.64. The van der Waals surface area contributed by atoms with Gasteiger partial charge in [0.1, 0.15) is 0 Å². The molecule has 4 aromatic rings. The first kappa shape index (κ1) is 20.2. The number of nitrogens with zero attached hydrogens (tertiary/aromatic N) is 3. The zero-order valence-corrected chi connectivity index (χ0v) is 18.2. The smallest absolute Gasteiger partial charge is 0.311 e. The van der Waals surface area contributed by atoms with Crippen molar-refractivity contribution >= 4 is 44.6 Å². The van der Waals surface area contributed by atoms with Gasteiger partial charge in [0.05, 0.1) is 35.0 Å². The molecule has 4 rings (SSSR count). The Balaban J connectivity index is 1.71. The molecule has 0 aliphatic carbocycles. The fourth-order valence-corrected chi connectivity index (χ4v) is 4.78. The van der Waals surface area contributed by atoms with Crippen LogP contribution in [0.3, 0.4) is 0 Å². The second-order valence-corrected chi connectivity index (χ2v) is 8.66. The Bertz CT molecular complexity index is 1230. The molecule has 3 aromatic heterocycles. The topological polar surface area (TPSA) is 89.3 Å². The summed E-state index contributed by atoms with van der Waals surface area (Å²) >= 11 is 3.09. The number of thiophene rings is 1. The fraction of sp³-hybridized carbons (Fsp3) is 0.238. The average Bonchev–Trinajstić information content (AvgIpc) is 3.46. The largest absolute Gasteiger partial charge is 0.469 e. The van der Waals surface area contributed by atoms with E-state index in [2.05, 4.69) is 21.1 Å². The van der Waals surface area contributed by atoms with Crippen LogP contribution in [0.5, 0.6) is 0 Å². The van der Waals surface area contributed by atoms with Crippen LogP contribution < -0.4 is 5.56 Å². The van der Waals surface area contributed by atoms with Crippen molar-refractivity contribution < 1.29 is 9.53 Å². The summed E-state index contributed by atoms with van der Waals surface area (Å²) in [6, 6.07) is 11.8. The molecule has 9 heteroatoms. The van der Waals surface area contributed by atoms with E-state index in [-0.39, 0.29) is 12.0 Å². The maximum absolute atomic E-state index is 13.2. The van der Waals surface area contributed by atoms with Gasteiger partial charge in [0.15, 0.2) is 0 Å². The molecular formula is C21H20N4O3S2. The number of aliphatic imine (C=N–C) groups is 1. The molecule has 154 valence electrons. The molecule has 0 aliphatic rings. The molecule has 0 aliphatic heterocycles. The minimum Gasteiger partial charge on any atom is -0.469 e. The standard InChI is InChI=1S/C21H20N4O3S2/c1-13(22-10-9-14-6-5-11-29-14)19-16(12-18(26)28-2)24-25(20(19)27)21-23-15-7-3-4-8-17(15)30-21/h3-8,11,24H,9-10,12H2,1-2H3. The molecule has 1 N–H and O–H groups in total. The lowest BCUT2D eigenvalue weighted by molar-refractivity contribution is -0.139. The lowest BCUT2D eigenvalue weighted by Crippen LogP contribution is -2.20. The Morgan fingerprint density at radius 2 is 2.10 bits per heavy atom. The molecule has 0 radical (unpaired) electrons. The van der Waals surface area contributed by atoms with Crippen molar-refractivity contribution in [1.82, 2.24) is 14.8 Å². The quantitative estimate of drug-likeness (QED) is 0.351. The van der Waals surface area contributed by atoms with Gasteiger partial charge in [0.2, 0.25) is 5.13 Å². The van der Waals surface area contributed by atoms with E-state index in [4.69, 9.17) is 4.74 Å². The predicted octanol–water partition coefficient (Wildman–Crippen LogP) is 3.60. The van der Waals surface area contributed by atoms with Crippen molar-refractivity contribution in [2.75, 3.05) is 13.7 Å². The Kier molecular flexibility index (Phi) is 5.91. The average molecular weight is 441 g/mol. The Morgan fingerprint density at radius 1 is 1.27 bits per heavy atom. The van der Waals surface area contributed by atoms with Gasteiger partial charge in [-0.2, -0.15) is 4.68 Å². The van der Waals surface area contributed by atoms with Crippen LogP contribution in [-0.2, 0) is 22.4 Å². The molecule has 0 saturated carbocycles. The maximum atomic E-state index is 13.2. The summed E-state index contributed by atoms with van der Waals surface area (Å²) in [6.07, 6.45) is 0.759. The summed E-state index contributed by atoms with van der Waals surface area (Å²) in [5.74, 6) is -0.430. The first-order valence-corrected chi connectivity index (χ1v) is 11.1. The van der Waals surface area contributed by atoms with E-state index in [0.717, 1.165) is 16.6 Å². The number of carbonyl (C=O) groups excluding carboxylic acids is 1. The number of carbonyl (C=O) groups is 1. The number of aromatic nitrogens is 3. The fourth-order valence-electron chi connectivity index (χ4n) is 3.16. The van der Waals surface area contributed by atoms with E-state index in [1.807, 2.05) is 35.7 Å². The number of rotatable bonds is 7. The molecule has 0 atom stereocenters. The molecule has 0 bridgehead atoms. The number of aromatic amines is 1. The van der Waals surface area contributed by atoms with Crippen molar-refractivity contribution in [2.24, 2.45) is 4.99 Å². The lowest BCUT2D eigenvalue weighted by Gasteiger charge is -2.02. The van der Waals surface area contributed by atoms with Gasteiger partial charge in [-0.15, -0.1) is 11.3 Å². The molecular weight excluding hydrogens is 420 g/mol. The second kappa shape index (κ2) is 8.76. The maximum Gasteiger partial charge on any atom is 0.311 e. The normalized spacial score (nSPS) is 11.9. The first-order chi connectivity index (χ1) is 14.6. The first-order valence-electron chi connectivity index (χ1n) is 9.37. The van der Waals surface area contributed by atoms with Gasteiger partial charge in [0, 0.05) is 23.6 Å². The lowest BCUT2D eigenvalue weighted by atomic mass is 10.1. The van der Waals surface area contributed by atoms with Crippen LogP contribution >= 0.6 is 22.7 Å². The number of esters is 1. The Labute approximate surface area is 180 Å². The van der Waals surface area contributed by atoms with Crippen molar-refractivity contribution in [2.45, 2.75) is 19.8 Å². The number of fused-ring (bicyclic) bond motifs is 1. The number of thiazole rings is 1. The number of para-hydroxylation sites is 1. The number of hydrogen-bond donors (Lipinski definition) is 1. The molecule has 0 fully saturated rings. The van der Waals surface area contributed by atoms with Gasteiger partial charge in [-0.05, 0) is 30.5 Å². The summed E-state index contributed by atoms with van der Waals surface area (Å²) in [5.41, 5.74) is 2.00. The van der Waals surface area contributed by atoms with Crippen molar-refractivity contribution in [1.29, 1.82) is 0 Å². The highest BCUT2D eigenvalue weighted by Crippen LogP contribution is 2.24. The summed E-state index contributed by atoms with van der Waals surface area (Å²) < 4.78 is 7.16. The molecule has 7 nitrogen and oxygen atoms in total. The highest BCUT2D eigenvalue weighted by Gasteiger charge is 2.21. The number of H-pyrrole nitrogens is 1. The van der Waals surface area contributed by atoms with Crippen LogP contribution in [0.15, 0.2) is 51.6 Å². The number of hydrogen-bond acceptors (Lipinski definition) is 7. The summed E-state index contributed by atoms with van der Waals surface area (Å²) in [6.45, 7) is 2.36. The monoisotopic (exact) mass is 440 g/mol. The van der Waals surface area contributed by atoms with Crippen LogP contribution in [0.4, 0.5) is 0 Å². The molecule has 0 spiro atoms. The van der Waals surface area contributed by atoms with Crippen LogP contribution in [0.25, 0.3) is 15.3 Å². The van der Waals surface area contributed by atoms with Gasteiger partial charge >= 0.3 is 5.97 Å². The third kappa shape index (κ3) is 4.12. The zero-order valence-electron chi connectivity index (χ0n) is 16.5. The predicted molar refractivity (Wildman–Crippen MR) is 120 cm³/mol. The van der Waals surface area contributed by atoms with E-state index >= 15 is 0 Å². The van der Waals surface area contributed by atoms with Crippen LogP contribution in [-0.4, -0.2) is 40.1 Å². The van der Waals surface area contributed by atoms with Crippen LogP contribution in [0.1, 0.15) is 23.1 Å². The molecule has 3 heterocycles. The summed E-state index contributed by atoms with van der Waals surface area (Å²) in [7, 11) is 1.33. The molecule has 0 amide bonds. The minimum absolute atomic E-state index is 0.0449. The Morgan fingerprint density at radius 3 is 2.83 bits per heavy atom. The molecule has 1 aromatic carbocycles. The number of methoxy groups -OCH3 is 1. The van der Waals surface area contributed by atoms with Gasteiger partial charge in [0.25, 0.3) is 5.56 Å². The van der Waals surface area contributed by atoms with Crippen molar-refractivity contribution in [3.63, 3.8) is 0 Å². The van der Waals surface area contributed by atoms with Gasteiger partial charge in [-0.3, -0.25) is 19.7 Å². The van der Waals surface area contributed by atoms with E-state index in [1.54, 1.807) is 18.3 Å². The minimum atomic E-state index is -0.430. The third-order valence-corrected chi connectivity index (χ3v) is 6.59. The SMILES string of the molecule is COC(=O)Cc1[nH]n(-c2nc3ccccc3s2)c(=O)c1C(C)=NCCc1cccs1. The highest BCUT2D eigenvalue weighted by molar-refractivity contribution is 7.20. The summed E-state index contributed by atoms with van der Waals surface area (Å²) in [4.78, 5) is 35.5. The molecule has 0 saturated heterocycles. The Hall–Kier alpha value is -3.04.